The van der Waals surface area contributed by atoms with Crippen LogP contribution in [0, 0.1) is 15.9 Å². The highest BCUT2D eigenvalue weighted by atomic mass is 35.5. The van der Waals surface area contributed by atoms with Crippen molar-refractivity contribution in [2.75, 3.05) is 0 Å². The van der Waals surface area contributed by atoms with Gasteiger partial charge in [0.15, 0.2) is 0 Å². The van der Waals surface area contributed by atoms with Gasteiger partial charge in [0.2, 0.25) is 5.82 Å². The smallest absolute Gasteiger partial charge is 0.305 e. The van der Waals surface area contributed by atoms with Crippen LogP contribution < -0.4 is 4.74 Å². The number of nitro benzene ring substituents is 1. The van der Waals surface area contributed by atoms with Crippen LogP contribution in [0.15, 0.2) is 36.4 Å². The van der Waals surface area contributed by atoms with E-state index in [2.05, 4.69) is 0 Å². The molecule has 0 aliphatic rings. The molecule has 110 valence electrons. The molecular weight excluding hydrogens is 301 g/mol. The Hall–Kier alpha value is -2.18. The lowest BCUT2D eigenvalue weighted by Crippen LogP contribution is -2.03. The molecule has 5 nitrogen and oxygen atoms in total. The Morgan fingerprint density at radius 3 is 2.67 bits per heavy atom. The quantitative estimate of drug-likeness (QED) is 0.678. The summed E-state index contributed by atoms with van der Waals surface area (Å²) < 4.78 is 19.3. The van der Waals surface area contributed by atoms with Gasteiger partial charge in [-0.1, -0.05) is 29.8 Å². The van der Waals surface area contributed by atoms with E-state index in [0.29, 0.717) is 16.3 Å². The Morgan fingerprint density at radius 2 is 2.00 bits per heavy atom. The van der Waals surface area contributed by atoms with Crippen molar-refractivity contribution < 1.29 is 19.2 Å². The van der Waals surface area contributed by atoms with E-state index < -0.39 is 16.4 Å². The number of nitrogens with zero attached hydrogens (tertiary/aromatic N) is 1. The van der Waals surface area contributed by atoms with Crippen LogP contribution in [-0.2, 0) is 13.2 Å². The fourth-order valence-corrected chi connectivity index (χ4v) is 2.03. The lowest BCUT2D eigenvalue weighted by atomic mass is 10.2. The minimum absolute atomic E-state index is 0.0491. The maximum atomic E-state index is 13.9. The SMILES string of the molecule is O=[N+]([O-])c1cccc(COc2cccc(Cl)c2CO)c1F. The van der Waals surface area contributed by atoms with E-state index in [1.54, 1.807) is 18.2 Å². The fourth-order valence-electron chi connectivity index (χ4n) is 1.80. The summed E-state index contributed by atoms with van der Waals surface area (Å²) in [5.41, 5.74) is -0.178. The molecule has 2 rings (SSSR count). The monoisotopic (exact) mass is 311 g/mol. The zero-order chi connectivity index (χ0) is 15.4. The molecule has 2 aromatic rings. The minimum atomic E-state index is -0.935. The number of rotatable bonds is 5. The molecule has 0 saturated carbocycles. The molecule has 0 atom stereocenters. The van der Waals surface area contributed by atoms with E-state index in [1.807, 2.05) is 0 Å². The first-order valence-corrected chi connectivity index (χ1v) is 6.35. The highest BCUT2D eigenvalue weighted by Crippen LogP contribution is 2.28. The fraction of sp³-hybridized carbons (Fsp3) is 0.143. The highest BCUT2D eigenvalue weighted by molar-refractivity contribution is 6.31. The number of halogens is 2. The van der Waals surface area contributed by atoms with Crippen LogP contribution >= 0.6 is 11.6 Å². The number of nitro groups is 1. The zero-order valence-corrected chi connectivity index (χ0v) is 11.5. The third kappa shape index (κ3) is 3.29. The molecule has 1 N–H and O–H groups in total. The second-order valence-corrected chi connectivity index (χ2v) is 4.58. The second kappa shape index (κ2) is 6.51. The van der Waals surface area contributed by atoms with Crippen molar-refractivity contribution >= 4 is 17.3 Å². The van der Waals surface area contributed by atoms with Crippen molar-refractivity contribution in [1.82, 2.24) is 0 Å². The first-order chi connectivity index (χ1) is 10.0. The third-order valence-electron chi connectivity index (χ3n) is 2.87. The molecule has 0 amide bonds. The maximum Gasteiger partial charge on any atom is 0.305 e. The third-order valence-corrected chi connectivity index (χ3v) is 3.23. The summed E-state index contributed by atoms with van der Waals surface area (Å²) in [6.07, 6.45) is 0. The van der Waals surface area contributed by atoms with Gasteiger partial charge in [0.1, 0.15) is 12.4 Å². The van der Waals surface area contributed by atoms with Crippen LogP contribution in [-0.4, -0.2) is 10.0 Å². The summed E-state index contributed by atoms with van der Waals surface area (Å²) in [4.78, 5) is 9.87. The molecule has 2 aromatic carbocycles. The van der Waals surface area contributed by atoms with Gasteiger partial charge in [-0.3, -0.25) is 10.1 Å². The van der Waals surface area contributed by atoms with Crippen molar-refractivity contribution in [2.24, 2.45) is 0 Å². The van der Waals surface area contributed by atoms with Gasteiger partial charge in [0, 0.05) is 22.2 Å². The van der Waals surface area contributed by atoms with Gasteiger partial charge in [0.05, 0.1) is 11.5 Å². The normalized spacial score (nSPS) is 10.4. The minimum Gasteiger partial charge on any atom is -0.488 e. The predicted molar refractivity (Wildman–Crippen MR) is 74.8 cm³/mol. The Bertz CT molecular complexity index is 678. The standard InChI is InChI=1S/C14H11ClFNO4/c15-11-4-2-6-13(10(11)7-18)21-8-9-3-1-5-12(14(9)16)17(19)20/h1-6,18H,7-8H2. The molecule has 0 radical (unpaired) electrons. The van der Waals surface area contributed by atoms with Crippen molar-refractivity contribution in [3.05, 3.63) is 68.5 Å². The van der Waals surface area contributed by atoms with Gasteiger partial charge in [-0.2, -0.15) is 4.39 Å². The molecule has 0 heterocycles. The van der Waals surface area contributed by atoms with E-state index in [9.17, 15) is 19.6 Å². The topological polar surface area (TPSA) is 72.6 Å². The lowest BCUT2D eigenvalue weighted by Gasteiger charge is -2.11. The molecule has 0 aliphatic heterocycles. The molecular formula is C14H11ClFNO4. The number of aliphatic hydroxyl groups is 1. The molecule has 0 fully saturated rings. The van der Waals surface area contributed by atoms with Crippen molar-refractivity contribution in [3.8, 4) is 5.75 Å². The second-order valence-electron chi connectivity index (χ2n) is 4.17. The largest absolute Gasteiger partial charge is 0.488 e. The summed E-state index contributed by atoms with van der Waals surface area (Å²) in [6, 6.07) is 8.65. The van der Waals surface area contributed by atoms with Crippen molar-refractivity contribution in [2.45, 2.75) is 13.2 Å². The van der Waals surface area contributed by atoms with E-state index in [0.717, 1.165) is 6.07 Å². The number of benzene rings is 2. The number of aliphatic hydroxyl groups excluding tert-OH is 1. The first kappa shape index (κ1) is 15.2. The van der Waals surface area contributed by atoms with Gasteiger partial charge in [-0.25, -0.2) is 0 Å². The molecule has 0 aromatic heterocycles. The molecule has 0 saturated heterocycles. The Balaban J connectivity index is 2.23. The molecule has 7 heteroatoms. The maximum absolute atomic E-state index is 13.9. The van der Waals surface area contributed by atoms with Crippen molar-refractivity contribution in [1.29, 1.82) is 0 Å². The average Bonchev–Trinajstić information content (AvgIpc) is 2.46. The average molecular weight is 312 g/mol. The molecule has 0 spiro atoms. The summed E-state index contributed by atoms with van der Waals surface area (Å²) in [5, 5.41) is 20.2. The van der Waals surface area contributed by atoms with Crippen LogP contribution in [0.2, 0.25) is 5.02 Å². The molecule has 21 heavy (non-hydrogen) atoms. The van der Waals surface area contributed by atoms with Crippen LogP contribution in [0.25, 0.3) is 0 Å². The van der Waals surface area contributed by atoms with Crippen molar-refractivity contribution in [3.63, 3.8) is 0 Å². The zero-order valence-electron chi connectivity index (χ0n) is 10.8. The Kier molecular flexibility index (Phi) is 4.72. The number of hydrogen-bond acceptors (Lipinski definition) is 4. The summed E-state index contributed by atoms with van der Waals surface area (Å²) >= 11 is 5.91. The molecule has 0 unspecified atom stereocenters. The van der Waals surface area contributed by atoms with E-state index in [1.165, 1.54) is 12.1 Å². The van der Waals surface area contributed by atoms with Crippen LogP contribution in [0.5, 0.6) is 5.75 Å². The van der Waals surface area contributed by atoms with E-state index in [-0.39, 0.29) is 18.8 Å². The summed E-state index contributed by atoms with van der Waals surface area (Å²) in [6.45, 7) is -0.534. The van der Waals surface area contributed by atoms with Gasteiger partial charge in [-0.15, -0.1) is 0 Å². The molecule has 0 bridgehead atoms. The van der Waals surface area contributed by atoms with Crippen LogP contribution in [0.1, 0.15) is 11.1 Å². The lowest BCUT2D eigenvalue weighted by molar-refractivity contribution is -0.387. The predicted octanol–water partition coefficient (Wildman–Crippen LogP) is 3.46. The van der Waals surface area contributed by atoms with Gasteiger partial charge in [0.25, 0.3) is 0 Å². The Labute approximate surface area is 124 Å². The van der Waals surface area contributed by atoms with Crippen LogP contribution in [0.3, 0.4) is 0 Å². The van der Waals surface area contributed by atoms with Gasteiger partial charge >= 0.3 is 5.69 Å². The van der Waals surface area contributed by atoms with E-state index >= 15 is 0 Å². The molecule has 0 aliphatic carbocycles. The van der Waals surface area contributed by atoms with Crippen LogP contribution in [0.4, 0.5) is 10.1 Å². The summed E-state index contributed by atoms with van der Waals surface area (Å²) in [5.74, 6) is -0.633. The number of ether oxygens (including phenoxy) is 1. The Morgan fingerprint density at radius 1 is 1.29 bits per heavy atom. The first-order valence-electron chi connectivity index (χ1n) is 5.97. The van der Waals surface area contributed by atoms with E-state index in [4.69, 9.17) is 16.3 Å². The summed E-state index contributed by atoms with van der Waals surface area (Å²) in [7, 11) is 0. The number of hydrogen-bond donors (Lipinski definition) is 1. The highest BCUT2D eigenvalue weighted by Gasteiger charge is 2.18. The van der Waals surface area contributed by atoms with Gasteiger partial charge < -0.3 is 9.84 Å². The van der Waals surface area contributed by atoms with Gasteiger partial charge in [-0.05, 0) is 12.1 Å².